The lowest BCUT2D eigenvalue weighted by atomic mass is 9.71. The van der Waals surface area contributed by atoms with Crippen molar-refractivity contribution in [2.45, 2.75) is 12.3 Å². The molecule has 1 aliphatic rings. The van der Waals surface area contributed by atoms with Gasteiger partial charge in [-0.25, -0.2) is 9.97 Å². The van der Waals surface area contributed by atoms with Crippen molar-refractivity contribution in [1.29, 1.82) is 0 Å². The van der Waals surface area contributed by atoms with E-state index in [4.69, 9.17) is 11.5 Å². The van der Waals surface area contributed by atoms with Crippen LogP contribution in [0.15, 0.2) is 39.7 Å². The van der Waals surface area contributed by atoms with Crippen molar-refractivity contribution < 1.29 is 9.59 Å². The number of nitrogens with two attached hydrogens (primary N) is 2. The van der Waals surface area contributed by atoms with Crippen LogP contribution in [0.3, 0.4) is 0 Å². The lowest BCUT2D eigenvalue weighted by Crippen LogP contribution is -2.44. The number of nitrogens with one attached hydrogen (secondary N) is 6. The van der Waals surface area contributed by atoms with Gasteiger partial charge >= 0.3 is 0 Å². The summed E-state index contributed by atoms with van der Waals surface area (Å²) in [6.07, 6.45) is 5.65. The summed E-state index contributed by atoms with van der Waals surface area (Å²) in [7, 11) is 0. The number of aromatic nitrogens is 6. The third-order valence-electron chi connectivity index (χ3n) is 6.38. The van der Waals surface area contributed by atoms with Gasteiger partial charge in [-0.2, -0.15) is 0 Å². The molecular weight excluding hydrogens is 596 g/mol. The minimum atomic E-state index is -0.288. The molecule has 5 rings (SSSR count). The van der Waals surface area contributed by atoms with Gasteiger partial charge < -0.3 is 42.0 Å². The zero-order chi connectivity index (χ0) is 25.4. The lowest BCUT2D eigenvalue weighted by molar-refractivity contribution is 0.0906. The van der Waals surface area contributed by atoms with E-state index in [1.807, 2.05) is 0 Å². The molecule has 0 unspecified atom stereocenters. The normalized spacial score (nSPS) is 19.1. The average molecular weight is 620 g/mol. The molecule has 0 radical (unpaired) electrons. The molecule has 0 saturated carbocycles. The van der Waals surface area contributed by atoms with Gasteiger partial charge in [0.25, 0.3) is 11.8 Å². The van der Waals surface area contributed by atoms with E-state index in [0.29, 0.717) is 36.8 Å². The minimum absolute atomic E-state index is 0.0649. The minimum Gasteiger partial charge on any atom is -0.369 e. The molecule has 4 aromatic rings. The van der Waals surface area contributed by atoms with Crippen LogP contribution in [-0.2, 0) is 6.42 Å². The number of anilines is 2. The number of halogens is 2. The number of H-pyrrole nitrogens is 4. The molecule has 4 heterocycles. The van der Waals surface area contributed by atoms with E-state index >= 15 is 0 Å². The molecule has 1 aliphatic carbocycles. The van der Waals surface area contributed by atoms with Crippen LogP contribution in [0.1, 0.15) is 44.0 Å². The smallest absolute Gasteiger partial charge is 0.267 e. The SMILES string of the molecule is Nc1ncc([C@@H]2c3nc(N)[nH]c3C[C@H](CNC(=O)c3cc(Br)c[nH]3)[C@H]2CNC(=O)c2cc(Br)c[nH]2)[nH]1. The van der Waals surface area contributed by atoms with Crippen LogP contribution in [0, 0.1) is 11.8 Å². The predicted molar refractivity (Wildman–Crippen MR) is 140 cm³/mol. The molecule has 36 heavy (non-hydrogen) atoms. The van der Waals surface area contributed by atoms with Gasteiger partial charge in [0, 0.05) is 51.7 Å². The van der Waals surface area contributed by atoms with Gasteiger partial charge in [0.05, 0.1) is 11.9 Å². The number of amides is 2. The Balaban J connectivity index is 1.43. The molecule has 0 spiro atoms. The molecule has 14 heteroatoms. The van der Waals surface area contributed by atoms with Gasteiger partial charge in [-0.3, -0.25) is 9.59 Å². The first-order chi connectivity index (χ1) is 17.3. The third-order valence-corrected chi connectivity index (χ3v) is 7.30. The van der Waals surface area contributed by atoms with Crippen molar-refractivity contribution in [3.63, 3.8) is 0 Å². The van der Waals surface area contributed by atoms with Gasteiger partial charge in [0.2, 0.25) is 0 Å². The second-order valence-electron chi connectivity index (χ2n) is 8.70. The molecule has 0 aromatic carbocycles. The maximum Gasteiger partial charge on any atom is 0.267 e. The number of rotatable bonds is 7. The Hall–Kier alpha value is -3.52. The van der Waals surface area contributed by atoms with Crippen LogP contribution in [0.5, 0.6) is 0 Å². The maximum atomic E-state index is 12.8. The molecule has 2 amide bonds. The highest BCUT2D eigenvalue weighted by molar-refractivity contribution is 9.10. The van der Waals surface area contributed by atoms with E-state index in [0.717, 1.165) is 26.0 Å². The number of fused-ring (bicyclic) bond motifs is 1. The quantitative estimate of drug-likeness (QED) is 0.156. The Morgan fingerprint density at radius 2 is 1.61 bits per heavy atom. The van der Waals surface area contributed by atoms with Gasteiger partial charge in [-0.05, 0) is 62.2 Å². The molecule has 3 atom stereocenters. The van der Waals surface area contributed by atoms with E-state index < -0.39 is 0 Å². The molecule has 0 bridgehead atoms. The molecule has 0 fully saturated rings. The van der Waals surface area contributed by atoms with E-state index in [2.05, 4.69) is 72.4 Å². The number of imidazole rings is 2. The summed E-state index contributed by atoms with van der Waals surface area (Å²) in [5, 5.41) is 6.05. The van der Waals surface area contributed by atoms with Gasteiger partial charge in [0.15, 0.2) is 11.9 Å². The highest BCUT2D eigenvalue weighted by Gasteiger charge is 2.41. The first-order valence-corrected chi connectivity index (χ1v) is 12.8. The van der Waals surface area contributed by atoms with Crippen LogP contribution in [0.25, 0.3) is 0 Å². The standard InChI is InChI=1S/C22H24Br2N10O2/c23-10-2-14(27-5-10)19(35)29-4-9-1-13-18(34-22(26)32-13)17(16-8-31-21(25)33-16)12(9)7-30-20(36)15-3-11(24)6-28-15/h2-3,5-6,8-9,12,17,27-28H,1,4,7H2,(H,29,35)(H,30,36)(H3,25,31,33)(H3,26,32,34)/t9-,12-,17-/m1/s1. The second-order valence-corrected chi connectivity index (χ2v) is 10.5. The summed E-state index contributed by atoms with van der Waals surface area (Å²) >= 11 is 6.70. The summed E-state index contributed by atoms with van der Waals surface area (Å²) in [4.78, 5) is 46.4. The highest BCUT2D eigenvalue weighted by atomic mass is 79.9. The first kappa shape index (κ1) is 24.2. The number of carbonyl (C=O) groups is 2. The fourth-order valence-electron chi connectivity index (χ4n) is 4.76. The fraction of sp³-hybridized carbons (Fsp3) is 0.273. The Bertz CT molecular complexity index is 1400. The highest BCUT2D eigenvalue weighted by Crippen LogP contribution is 2.42. The Morgan fingerprint density at radius 3 is 2.17 bits per heavy atom. The van der Waals surface area contributed by atoms with Crippen molar-refractivity contribution in [2.24, 2.45) is 11.8 Å². The number of nitrogen functional groups attached to an aromatic ring is 2. The predicted octanol–water partition coefficient (Wildman–Crippen LogP) is 2.26. The number of nitrogens with zero attached hydrogens (tertiary/aromatic N) is 2. The molecule has 0 saturated heterocycles. The molecular formula is C22H24Br2N10O2. The van der Waals surface area contributed by atoms with Crippen molar-refractivity contribution in [2.75, 3.05) is 24.6 Å². The molecule has 0 aliphatic heterocycles. The summed E-state index contributed by atoms with van der Waals surface area (Å²) in [6, 6.07) is 3.42. The van der Waals surface area contributed by atoms with Gasteiger partial charge in [0.1, 0.15) is 11.4 Å². The van der Waals surface area contributed by atoms with E-state index in [-0.39, 0.29) is 35.5 Å². The summed E-state index contributed by atoms with van der Waals surface area (Å²) in [5.74, 6) is -0.390. The van der Waals surface area contributed by atoms with Gasteiger partial charge in [-0.1, -0.05) is 0 Å². The Kier molecular flexibility index (Phi) is 6.62. The van der Waals surface area contributed by atoms with Crippen molar-refractivity contribution >= 4 is 55.6 Å². The van der Waals surface area contributed by atoms with Crippen molar-refractivity contribution in [1.82, 2.24) is 40.5 Å². The Morgan fingerprint density at radius 1 is 0.972 bits per heavy atom. The molecule has 188 valence electrons. The second kappa shape index (κ2) is 9.85. The summed E-state index contributed by atoms with van der Waals surface area (Å²) < 4.78 is 1.57. The monoisotopic (exact) mass is 618 g/mol. The van der Waals surface area contributed by atoms with Crippen LogP contribution < -0.4 is 22.1 Å². The Labute approximate surface area is 222 Å². The molecule has 10 N–H and O–H groups in total. The number of hydrogen-bond donors (Lipinski definition) is 8. The van der Waals surface area contributed by atoms with E-state index in [1.54, 1.807) is 30.7 Å². The molecule has 4 aromatic heterocycles. The summed E-state index contributed by atoms with van der Waals surface area (Å²) in [5.41, 5.74) is 15.2. The average Bonchev–Trinajstić information content (AvgIpc) is 3.63. The van der Waals surface area contributed by atoms with Crippen LogP contribution in [0.4, 0.5) is 11.9 Å². The fourth-order valence-corrected chi connectivity index (χ4v) is 5.45. The van der Waals surface area contributed by atoms with Gasteiger partial charge in [-0.15, -0.1) is 0 Å². The number of hydrogen-bond acceptors (Lipinski definition) is 6. The zero-order valence-corrected chi connectivity index (χ0v) is 22.0. The van der Waals surface area contributed by atoms with Crippen molar-refractivity contribution in [3.8, 4) is 0 Å². The third kappa shape index (κ3) is 4.91. The molecule has 12 nitrogen and oxygen atoms in total. The van der Waals surface area contributed by atoms with E-state index in [9.17, 15) is 9.59 Å². The lowest BCUT2D eigenvalue weighted by Gasteiger charge is -2.37. The van der Waals surface area contributed by atoms with Crippen LogP contribution >= 0.6 is 31.9 Å². The number of carbonyl (C=O) groups excluding carboxylic acids is 2. The maximum absolute atomic E-state index is 12.8. The summed E-state index contributed by atoms with van der Waals surface area (Å²) in [6.45, 7) is 0.683. The largest absolute Gasteiger partial charge is 0.369 e. The zero-order valence-electron chi connectivity index (χ0n) is 18.9. The topological polar surface area (TPSA) is 199 Å². The number of aromatic amines is 4. The van der Waals surface area contributed by atoms with Crippen LogP contribution in [-0.4, -0.2) is 54.8 Å². The van der Waals surface area contributed by atoms with Crippen molar-refractivity contribution in [3.05, 3.63) is 68.1 Å². The van der Waals surface area contributed by atoms with E-state index in [1.165, 1.54) is 0 Å². The first-order valence-electron chi connectivity index (χ1n) is 11.2. The van der Waals surface area contributed by atoms with Crippen LogP contribution in [0.2, 0.25) is 0 Å².